The van der Waals surface area contributed by atoms with Gasteiger partial charge in [-0.2, -0.15) is 4.98 Å². The molecule has 2 aliphatic rings. The highest BCUT2D eigenvalue weighted by Crippen LogP contribution is 2.39. The Bertz CT molecular complexity index is 1140. The third kappa shape index (κ3) is 5.78. The maximum Gasteiger partial charge on any atom is 0.231 e. The Morgan fingerprint density at radius 2 is 1.50 bits per heavy atom. The van der Waals surface area contributed by atoms with Gasteiger partial charge in [0, 0.05) is 55.6 Å². The van der Waals surface area contributed by atoms with E-state index in [0.717, 1.165) is 44.2 Å². The predicted octanol–water partition coefficient (Wildman–Crippen LogP) is 5.30. The van der Waals surface area contributed by atoms with E-state index in [9.17, 15) is 0 Å². The van der Waals surface area contributed by atoms with Crippen LogP contribution in [0.3, 0.4) is 0 Å². The number of aryl methyl sites for hydroxylation is 1. The highest BCUT2D eigenvalue weighted by Gasteiger charge is 2.33. The standard InChI is InChI=1S/C29H36N6S/c1-23-21-26(35-19-17-34(18-20-35)25-13-7-3-8-14-25)32-27(31-23)33-28(36)30-22-29(15-9-4-10-16-29)24-11-5-2-6-12-24/h2-3,5-8,11-14,21H,4,9-10,15-20,22H2,1H3,(H2,30,31,32,33,36). The van der Waals surface area contributed by atoms with Gasteiger partial charge in [-0.3, -0.25) is 0 Å². The second kappa shape index (κ2) is 11.2. The van der Waals surface area contributed by atoms with E-state index in [1.54, 1.807) is 0 Å². The quantitative estimate of drug-likeness (QED) is 0.446. The summed E-state index contributed by atoms with van der Waals surface area (Å²) in [5.74, 6) is 1.51. The van der Waals surface area contributed by atoms with Crippen molar-refractivity contribution in [2.24, 2.45) is 0 Å². The summed E-state index contributed by atoms with van der Waals surface area (Å²) in [6.07, 6.45) is 6.22. The SMILES string of the molecule is Cc1cc(N2CCN(c3ccccc3)CC2)nc(NC(=S)NCC2(c3ccccc3)CCCCC2)n1. The van der Waals surface area contributed by atoms with Crippen molar-refractivity contribution in [1.29, 1.82) is 0 Å². The highest BCUT2D eigenvalue weighted by molar-refractivity contribution is 7.80. The zero-order valence-corrected chi connectivity index (χ0v) is 21.9. The van der Waals surface area contributed by atoms with Crippen molar-refractivity contribution >= 4 is 34.8 Å². The minimum atomic E-state index is 0.127. The fraction of sp³-hybridized carbons (Fsp3) is 0.414. The summed E-state index contributed by atoms with van der Waals surface area (Å²) >= 11 is 5.69. The summed E-state index contributed by atoms with van der Waals surface area (Å²) in [6.45, 7) is 6.62. The van der Waals surface area contributed by atoms with Gasteiger partial charge in [0.25, 0.3) is 0 Å². The fourth-order valence-electron chi connectivity index (χ4n) is 5.59. The van der Waals surface area contributed by atoms with Gasteiger partial charge < -0.3 is 20.4 Å². The molecule has 6 nitrogen and oxygen atoms in total. The van der Waals surface area contributed by atoms with Crippen molar-refractivity contribution in [3.05, 3.63) is 78.0 Å². The van der Waals surface area contributed by atoms with Crippen LogP contribution in [0.2, 0.25) is 0 Å². The third-order valence-electron chi connectivity index (χ3n) is 7.58. The van der Waals surface area contributed by atoms with E-state index in [1.165, 1.54) is 43.4 Å². The minimum Gasteiger partial charge on any atom is -0.368 e. The second-order valence-electron chi connectivity index (χ2n) is 10.0. The van der Waals surface area contributed by atoms with Crippen LogP contribution in [0.5, 0.6) is 0 Å². The lowest BCUT2D eigenvalue weighted by Crippen LogP contribution is -2.47. The van der Waals surface area contributed by atoms with Crippen molar-refractivity contribution in [2.75, 3.05) is 47.8 Å². The number of para-hydroxylation sites is 1. The topological polar surface area (TPSA) is 56.3 Å². The smallest absolute Gasteiger partial charge is 0.231 e. The largest absolute Gasteiger partial charge is 0.368 e. The van der Waals surface area contributed by atoms with Crippen LogP contribution in [0, 0.1) is 6.92 Å². The van der Waals surface area contributed by atoms with Gasteiger partial charge >= 0.3 is 0 Å². The molecule has 0 spiro atoms. The third-order valence-corrected chi connectivity index (χ3v) is 7.82. The molecular formula is C29H36N6S. The molecule has 1 aliphatic carbocycles. The number of anilines is 3. The minimum absolute atomic E-state index is 0.127. The molecule has 188 valence electrons. The van der Waals surface area contributed by atoms with E-state index in [0.29, 0.717) is 11.1 Å². The predicted molar refractivity (Wildman–Crippen MR) is 153 cm³/mol. The number of benzene rings is 2. The van der Waals surface area contributed by atoms with Crippen LogP contribution in [0.1, 0.15) is 43.4 Å². The van der Waals surface area contributed by atoms with Gasteiger partial charge in [0.1, 0.15) is 5.82 Å². The van der Waals surface area contributed by atoms with Crippen LogP contribution in [0.15, 0.2) is 66.7 Å². The van der Waals surface area contributed by atoms with Crippen LogP contribution >= 0.6 is 12.2 Å². The van der Waals surface area contributed by atoms with Crippen LogP contribution < -0.4 is 20.4 Å². The van der Waals surface area contributed by atoms with E-state index in [4.69, 9.17) is 17.2 Å². The zero-order chi connectivity index (χ0) is 24.8. The number of thiocarbonyl (C=S) groups is 1. The molecule has 0 unspecified atom stereocenters. The molecular weight excluding hydrogens is 464 g/mol. The maximum atomic E-state index is 5.69. The van der Waals surface area contributed by atoms with Crippen molar-refractivity contribution in [3.63, 3.8) is 0 Å². The number of piperazine rings is 1. The number of rotatable bonds is 6. The van der Waals surface area contributed by atoms with Gasteiger partial charge in [0.15, 0.2) is 5.11 Å². The van der Waals surface area contributed by atoms with Gasteiger partial charge in [0.2, 0.25) is 5.95 Å². The van der Waals surface area contributed by atoms with Crippen molar-refractivity contribution < 1.29 is 0 Å². The Hall–Kier alpha value is -3.19. The van der Waals surface area contributed by atoms with Crippen LogP contribution in [-0.2, 0) is 5.41 Å². The second-order valence-corrected chi connectivity index (χ2v) is 10.4. The van der Waals surface area contributed by atoms with Gasteiger partial charge in [-0.25, -0.2) is 4.98 Å². The monoisotopic (exact) mass is 500 g/mol. The first-order valence-corrected chi connectivity index (χ1v) is 13.5. The molecule has 2 aromatic carbocycles. The number of hydrogen-bond acceptors (Lipinski definition) is 5. The lowest BCUT2D eigenvalue weighted by molar-refractivity contribution is 0.292. The molecule has 1 saturated carbocycles. The Balaban J connectivity index is 1.21. The summed E-state index contributed by atoms with van der Waals surface area (Å²) in [4.78, 5) is 14.2. The molecule has 0 bridgehead atoms. The maximum absolute atomic E-state index is 5.69. The van der Waals surface area contributed by atoms with Crippen LogP contribution in [0.4, 0.5) is 17.5 Å². The lowest BCUT2D eigenvalue weighted by Gasteiger charge is -2.38. The zero-order valence-electron chi connectivity index (χ0n) is 21.1. The summed E-state index contributed by atoms with van der Waals surface area (Å²) in [7, 11) is 0. The molecule has 1 aromatic heterocycles. The first kappa shape index (κ1) is 24.5. The Kier molecular flexibility index (Phi) is 7.66. The number of nitrogens with zero attached hydrogens (tertiary/aromatic N) is 4. The molecule has 36 heavy (non-hydrogen) atoms. The number of aromatic nitrogens is 2. The fourth-order valence-corrected chi connectivity index (χ4v) is 5.75. The molecule has 1 saturated heterocycles. The molecule has 0 radical (unpaired) electrons. The average Bonchev–Trinajstić information content (AvgIpc) is 2.93. The first-order chi connectivity index (χ1) is 17.6. The summed E-state index contributed by atoms with van der Waals surface area (Å²) < 4.78 is 0. The number of nitrogens with one attached hydrogen (secondary N) is 2. The molecule has 1 aliphatic heterocycles. The normalized spacial score (nSPS) is 17.5. The van der Waals surface area contributed by atoms with Crippen molar-refractivity contribution in [3.8, 4) is 0 Å². The van der Waals surface area contributed by atoms with Crippen molar-refractivity contribution in [2.45, 2.75) is 44.4 Å². The van der Waals surface area contributed by atoms with Gasteiger partial charge in [-0.15, -0.1) is 0 Å². The Morgan fingerprint density at radius 1 is 0.861 bits per heavy atom. The summed E-state index contributed by atoms with van der Waals surface area (Å²) in [6, 6.07) is 23.6. The molecule has 0 atom stereocenters. The van der Waals surface area contributed by atoms with Crippen molar-refractivity contribution in [1.82, 2.24) is 15.3 Å². The van der Waals surface area contributed by atoms with E-state index in [1.807, 2.05) is 6.92 Å². The Labute approximate surface area is 220 Å². The van der Waals surface area contributed by atoms with E-state index >= 15 is 0 Å². The van der Waals surface area contributed by atoms with Crippen LogP contribution in [-0.4, -0.2) is 47.8 Å². The molecule has 7 heteroatoms. The van der Waals surface area contributed by atoms with E-state index in [2.05, 4.69) is 92.1 Å². The van der Waals surface area contributed by atoms with Gasteiger partial charge in [-0.05, 0) is 49.7 Å². The molecule has 2 heterocycles. The summed E-state index contributed by atoms with van der Waals surface area (Å²) in [5.41, 5.74) is 3.75. The van der Waals surface area contributed by atoms with E-state index in [-0.39, 0.29) is 5.41 Å². The van der Waals surface area contributed by atoms with Gasteiger partial charge in [0.05, 0.1) is 0 Å². The molecule has 3 aromatic rings. The summed E-state index contributed by atoms with van der Waals surface area (Å²) in [5, 5.41) is 7.35. The molecule has 5 rings (SSSR count). The number of hydrogen-bond donors (Lipinski definition) is 2. The Morgan fingerprint density at radius 3 is 2.19 bits per heavy atom. The molecule has 2 fully saturated rings. The molecule has 0 amide bonds. The lowest BCUT2D eigenvalue weighted by atomic mass is 9.69. The molecule has 2 N–H and O–H groups in total. The average molecular weight is 501 g/mol. The highest BCUT2D eigenvalue weighted by atomic mass is 32.1. The van der Waals surface area contributed by atoms with E-state index < -0.39 is 0 Å². The first-order valence-electron chi connectivity index (χ1n) is 13.1. The van der Waals surface area contributed by atoms with Crippen LogP contribution in [0.25, 0.3) is 0 Å². The van der Waals surface area contributed by atoms with Gasteiger partial charge in [-0.1, -0.05) is 67.8 Å².